The monoisotopic (exact) mass is 326 g/mol. The van der Waals surface area contributed by atoms with E-state index >= 15 is 0 Å². The van der Waals surface area contributed by atoms with Gasteiger partial charge in [0.2, 0.25) is 0 Å². The topological polar surface area (TPSA) is 58.6 Å². The van der Waals surface area contributed by atoms with E-state index in [1.807, 2.05) is 19.2 Å². The van der Waals surface area contributed by atoms with Gasteiger partial charge in [0.15, 0.2) is 6.10 Å². The lowest BCUT2D eigenvalue weighted by atomic mass is 10.1. The average Bonchev–Trinajstić information content (AvgIpc) is 2.37. The molecule has 0 radical (unpaired) electrons. The number of benzene rings is 1. The van der Waals surface area contributed by atoms with Crippen molar-refractivity contribution in [2.24, 2.45) is 0 Å². The van der Waals surface area contributed by atoms with Crippen molar-refractivity contribution in [3.63, 3.8) is 0 Å². The van der Waals surface area contributed by atoms with Crippen molar-refractivity contribution in [1.29, 1.82) is 0 Å². The lowest BCUT2D eigenvalue weighted by molar-refractivity contribution is -0.124. The summed E-state index contributed by atoms with van der Waals surface area (Å²) in [4.78, 5) is 24.2. The molecule has 1 aromatic rings. The van der Waals surface area contributed by atoms with Gasteiger partial charge in [-0.15, -0.1) is 0 Å². The van der Waals surface area contributed by atoms with Gasteiger partial charge in [0, 0.05) is 15.9 Å². The molecule has 2 amide bonds. The van der Waals surface area contributed by atoms with Crippen molar-refractivity contribution < 1.29 is 14.3 Å². The van der Waals surface area contributed by atoms with Crippen LogP contribution in [0.25, 0.3) is 0 Å². The molecule has 1 heterocycles. The lowest BCUT2D eigenvalue weighted by Gasteiger charge is -2.30. The Morgan fingerprint density at radius 2 is 2.26 bits per heavy atom. The molecule has 5 nitrogen and oxygen atoms in total. The first-order chi connectivity index (χ1) is 9.04. The van der Waals surface area contributed by atoms with Gasteiger partial charge in [0.05, 0.1) is 5.69 Å². The highest BCUT2D eigenvalue weighted by Crippen LogP contribution is 2.36. The molecule has 1 aromatic carbocycles. The summed E-state index contributed by atoms with van der Waals surface area (Å²) >= 11 is 2.85. The third kappa shape index (κ3) is 2.79. The fourth-order valence-electron chi connectivity index (χ4n) is 1.98. The van der Waals surface area contributed by atoms with E-state index in [-0.39, 0.29) is 5.91 Å². The maximum Gasteiger partial charge on any atom is 0.301 e. The molecule has 0 saturated heterocycles. The highest BCUT2D eigenvalue weighted by Gasteiger charge is 2.34. The molecule has 19 heavy (non-hydrogen) atoms. The number of ether oxygens (including phenoxy) is 1. The summed E-state index contributed by atoms with van der Waals surface area (Å²) in [6.07, 6.45) is 0.162. The minimum atomic E-state index is -0.655. The Balaban J connectivity index is 2.40. The van der Waals surface area contributed by atoms with Crippen LogP contribution in [0.15, 0.2) is 18.2 Å². The number of hydrogen-bond acceptors (Lipinski definition) is 4. The lowest BCUT2D eigenvalue weighted by Crippen LogP contribution is -2.45. The van der Waals surface area contributed by atoms with Gasteiger partial charge in [0.25, 0.3) is 5.91 Å². The second-order valence-electron chi connectivity index (χ2n) is 4.34. The second-order valence-corrected chi connectivity index (χ2v) is 5.02. The van der Waals surface area contributed by atoms with Crippen LogP contribution >= 0.6 is 15.9 Å². The van der Waals surface area contributed by atoms with Crippen LogP contribution in [0.4, 0.5) is 10.5 Å². The highest BCUT2D eigenvalue weighted by molar-refractivity contribution is 9.18. The number of imide groups is 1. The first-order valence-electron chi connectivity index (χ1n) is 6.02. The van der Waals surface area contributed by atoms with Crippen LogP contribution < -0.4 is 15.0 Å². The molecule has 102 valence electrons. The molecule has 1 aliphatic rings. The van der Waals surface area contributed by atoms with Crippen LogP contribution in [0.1, 0.15) is 12.5 Å². The second kappa shape index (κ2) is 5.71. The van der Waals surface area contributed by atoms with E-state index < -0.39 is 10.9 Å². The number of carbonyl (C=O) groups excluding carboxylic acids is 2. The minimum Gasteiger partial charge on any atom is -0.479 e. The SMILES string of the molecule is CNCCc1ccc2c(c1)N(C(=O)Br)C(=O)C(C)O2. The number of amides is 2. The first kappa shape index (κ1) is 14.0. The summed E-state index contributed by atoms with van der Waals surface area (Å²) in [5.41, 5.74) is 1.54. The van der Waals surface area contributed by atoms with Gasteiger partial charge < -0.3 is 10.1 Å². The van der Waals surface area contributed by atoms with Gasteiger partial charge in [0.1, 0.15) is 5.75 Å². The predicted molar refractivity (Wildman–Crippen MR) is 76.0 cm³/mol. The van der Waals surface area contributed by atoms with Crippen LogP contribution in [0.2, 0.25) is 0 Å². The molecule has 0 bridgehead atoms. The van der Waals surface area contributed by atoms with E-state index in [9.17, 15) is 9.59 Å². The largest absolute Gasteiger partial charge is 0.479 e. The summed E-state index contributed by atoms with van der Waals surface area (Å²) in [6.45, 7) is 2.45. The summed E-state index contributed by atoms with van der Waals surface area (Å²) < 4.78 is 5.50. The standard InChI is InChI=1S/C13H15BrN2O3/c1-8-12(17)16(13(14)18)10-7-9(5-6-15-2)3-4-11(10)19-8/h3-4,7-8,15H,5-6H2,1-2H3. The van der Waals surface area contributed by atoms with Crippen LogP contribution in [0.3, 0.4) is 0 Å². The van der Waals surface area contributed by atoms with E-state index in [0.29, 0.717) is 11.4 Å². The molecule has 0 spiro atoms. The molecule has 1 unspecified atom stereocenters. The quantitative estimate of drug-likeness (QED) is 0.682. The van der Waals surface area contributed by atoms with Crippen molar-refractivity contribution in [2.45, 2.75) is 19.4 Å². The van der Waals surface area contributed by atoms with E-state index in [0.717, 1.165) is 23.4 Å². The fourth-order valence-corrected chi connectivity index (χ4v) is 2.35. The number of hydrogen-bond donors (Lipinski definition) is 1. The summed E-state index contributed by atoms with van der Waals surface area (Å²) in [5.74, 6) is 0.188. The smallest absolute Gasteiger partial charge is 0.301 e. The maximum atomic E-state index is 12.0. The number of halogens is 1. The van der Waals surface area contributed by atoms with Crippen molar-refractivity contribution in [3.05, 3.63) is 23.8 Å². The molecule has 1 aliphatic heterocycles. The number of likely N-dealkylation sites (N-methyl/N-ethyl adjacent to an activating group) is 1. The van der Waals surface area contributed by atoms with Crippen LogP contribution in [0.5, 0.6) is 5.75 Å². The maximum absolute atomic E-state index is 12.0. The molecule has 1 atom stereocenters. The molecule has 1 N–H and O–H groups in total. The van der Waals surface area contributed by atoms with Gasteiger partial charge >= 0.3 is 4.82 Å². The van der Waals surface area contributed by atoms with E-state index in [1.54, 1.807) is 13.0 Å². The number of anilines is 1. The van der Waals surface area contributed by atoms with Crippen LogP contribution in [-0.2, 0) is 11.2 Å². The van der Waals surface area contributed by atoms with Crippen LogP contribution in [0, 0.1) is 0 Å². The molecule has 2 rings (SSSR count). The van der Waals surface area contributed by atoms with Crippen molar-refractivity contribution in [2.75, 3.05) is 18.5 Å². The van der Waals surface area contributed by atoms with Gasteiger partial charge in [-0.2, -0.15) is 0 Å². The summed E-state index contributed by atoms with van der Waals surface area (Å²) in [5, 5.41) is 3.06. The zero-order valence-corrected chi connectivity index (χ0v) is 12.4. The van der Waals surface area contributed by atoms with Crippen LogP contribution in [-0.4, -0.2) is 30.4 Å². The minimum absolute atomic E-state index is 0.361. The molecular formula is C13H15BrN2O3. The normalized spacial score (nSPS) is 17.9. The fraction of sp³-hybridized carbons (Fsp3) is 0.385. The van der Waals surface area contributed by atoms with Gasteiger partial charge in [-0.3, -0.25) is 9.59 Å². The Hall–Kier alpha value is -1.40. The number of rotatable bonds is 3. The number of nitrogens with zero attached hydrogens (tertiary/aromatic N) is 1. The third-order valence-corrected chi connectivity index (χ3v) is 3.33. The molecule has 6 heteroatoms. The molecule has 0 aliphatic carbocycles. The van der Waals surface area contributed by atoms with E-state index in [2.05, 4.69) is 21.2 Å². The Labute approximate surface area is 120 Å². The summed E-state index contributed by atoms with van der Waals surface area (Å²) in [6, 6.07) is 5.55. The first-order valence-corrected chi connectivity index (χ1v) is 6.81. The van der Waals surface area contributed by atoms with Crippen molar-refractivity contribution in [3.8, 4) is 5.75 Å². The van der Waals surface area contributed by atoms with E-state index in [1.165, 1.54) is 0 Å². The predicted octanol–water partition coefficient (Wildman–Crippen LogP) is 2.08. The highest BCUT2D eigenvalue weighted by atomic mass is 79.9. The number of carbonyl (C=O) groups is 2. The van der Waals surface area contributed by atoms with Gasteiger partial charge in [-0.05, 0) is 44.6 Å². The van der Waals surface area contributed by atoms with Crippen molar-refractivity contribution >= 4 is 32.3 Å². The van der Waals surface area contributed by atoms with Gasteiger partial charge in [-0.1, -0.05) is 6.07 Å². The Kier molecular flexibility index (Phi) is 4.21. The zero-order chi connectivity index (χ0) is 14.0. The van der Waals surface area contributed by atoms with Crippen molar-refractivity contribution in [1.82, 2.24) is 5.32 Å². The third-order valence-electron chi connectivity index (χ3n) is 2.98. The average molecular weight is 327 g/mol. The molecule has 0 saturated carbocycles. The number of fused-ring (bicyclic) bond motifs is 1. The van der Waals surface area contributed by atoms with Gasteiger partial charge in [-0.25, -0.2) is 4.90 Å². The Morgan fingerprint density at radius 1 is 1.53 bits per heavy atom. The molecular weight excluding hydrogens is 312 g/mol. The molecule has 0 fully saturated rings. The number of nitrogens with one attached hydrogen (secondary N) is 1. The van der Waals surface area contributed by atoms with E-state index in [4.69, 9.17) is 4.74 Å². The molecule has 0 aromatic heterocycles. The zero-order valence-electron chi connectivity index (χ0n) is 10.8. The Bertz CT molecular complexity index is 519. The summed E-state index contributed by atoms with van der Waals surface area (Å²) in [7, 11) is 1.88. The Morgan fingerprint density at radius 3 is 2.89 bits per heavy atom.